The van der Waals surface area contributed by atoms with Crippen LogP contribution in [0.4, 0.5) is 5.82 Å². The molecule has 1 fully saturated rings. The average molecular weight is 218 g/mol. The van der Waals surface area contributed by atoms with Gasteiger partial charge in [-0.15, -0.1) is 0 Å². The van der Waals surface area contributed by atoms with E-state index in [1.54, 1.807) is 0 Å². The van der Waals surface area contributed by atoms with Crippen LogP contribution < -0.4 is 5.73 Å². The van der Waals surface area contributed by atoms with Crippen molar-refractivity contribution in [3.8, 4) is 6.07 Å². The Balaban J connectivity index is 2.35. The lowest BCUT2D eigenvalue weighted by Crippen LogP contribution is -2.10. The molecule has 1 saturated carbocycles. The zero-order valence-corrected chi connectivity index (χ0v) is 9.74. The highest BCUT2D eigenvalue weighted by Crippen LogP contribution is 2.32. The fourth-order valence-corrected chi connectivity index (χ4v) is 2.46. The topological polar surface area (TPSA) is 67.6 Å². The third-order valence-electron chi connectivity index (χ3n) is 3.29. The van der Waals surface area contributed by atoms with Gasteiger partial charge in [0.15, 0.2) is 0 Å². The van der Waals surface area contributed by atoms with E-state index in [0.29, 0.717) is 17.4 Å². The van der Waals surface area contributed by atoms with Crippen LogP contribution in [0.15, 0.2) is 0 Å². The van der Waals surface area contributed by atoms with Gasteiger partial charge in [0.25, 0.3) is 0 Å². The maximum Gasteiger partial charge on any atom is 0.140 e. The molecule has 16 heavy (non-hydrogen) atoms. The van der Waals surface area contributed by atoms with Crippen LogP contribution in [0.5, 0.6) is 0 Å². The first kappa shape index (κ1) is 11.0. The van der Waals surface area contributed by atoms with Gasteiger partial charge < -0.3 is 5.73 Å². The molecule has 1 aliphatic carbocycles. The molecule has 0 aromatic carbocycles. The minimum absolute atomic E-state index is 0.415. The zero-order chi connectivity index (χ0) is 11.5. The van der Waals surface area contributed by atoms with Gasteiger partial charge in [-0.3, -0.25) is 0 Å². The van der Waals surface area contributed by atoms with Gasteiger partial charge in [0, 0.05) is 0 Å². The number of nitrogens with two attached hydrogens (primary N) is 1. The van der Waals surface area contributed by atoms with Gasteiger partial charge in [0.2, 0.25) is 0 Å². The van der Waals surface area contributed by atoms with E-state index in [0.717, 1.165) is 31.4 Å². The van der Waals surface area contributed by atoms with Crippen LogP contribution in [-0.4, -0.2) is 9.78 Å². The second-order valence-electron chi connectivity index (χ2n) is 4.45. The summed E-state index contributed by atoms with van der Waals surface area (Å²) in [7, 11) is 0. The Labute approximate surface area is 96.0 Å². The smallest absolute Gasteiger partial charge is 0.140 e. The largest absolute Gasteiger partial charge is 0.383 e. The van der Waals surface area contributed by atoms with Crippen LogP contribution in [0.25, 0.3) is 0 Å². The van der Waals surface area contributed by atoms with Crippen LogP contribution in [0.3, 0.4) is 0 Å². The summed E-state index contributed by atoms with van der Waals surface area (Å²) in [5, 5.41) is 13.6. The molecule has 2 rings (SSSR count). The first-order chi connectivity index (χ1) is 7.77. The Morgan fingerprint density at radius 3 is 2.75 bits per heavy atom. The number of aromatic nitrogens is 2. The van der Waals surface area contributed by atoms with Crippen molar-refractivity contribution in [1.82, 2.24) is 9.78 Å². The molecule has 86 valence electrons. The SMILES string of the molecule is CCCc1nn(C2CCCC2)c(N)c1C#N. The monoisotopic (exact) mass is 218 g/mol. The first-order valence-corrected chi connectivity index (χ1v) is 6.04. The molecule has 2 N–H and O–H groups in total. The molecule has 0 unspecified atom stereocenters. The molecule has 1 heterocycles. The van der Waals surface area contributed by atoms with Gasteiger partial charge in [0.1, 0.15) is 17.5 Å². The molecule has 0 amide bonds. The maximum absolute atomic E-state index is 9.10. The van der Waals surface area contributed by atoms with Crippen molar-refractivity contribution in [2.45, 2.75) is 51.5 Å². The van der Waals surface area contributed by atoms with Crippen molar-refractivity contribution < 1.29 is 0 Å². The molecular weight excluding hydrogens is 200 g/mol. The maximum atomic E-state index is 9.10. The van der Waals surface area contributed by atoms with Crippen molar-refractivity contribution in [1.29, 1.82) is 5.26 Å². The molecule has 4 heteroatoms. The fraction of sp³-hybridized carbons (Fsp3) is 0.667. The predicted molar refractivity (Wildman–Crippen MR) is 62.9 cm³/mol. The molecule has 1 aromatic rings. The third-order valence-corrected chi connectivity index (χ3v) is 3.29. The number of hydrogen-bond acceptors (Lipinski definition) is 3. The Morgan fingerprint density at radius 1 is 1.50 bits per heavy atom. The standard InChI is InChI=1S/C12H18N4/c1-2-5-11-10(8-13)12(14)16(15-11)9-6-3-4-7-9/h9H,2-7,14H2,1H3. The summed E-state index contributed by atoms with van der Waals surface area (Å²) in [6.45, 7) is 2.09. The number of hydrogen-bond donors (Lipinski definition) is 1. The third kappa shape index (κ3) is 1.78. The number of anilines is 1. The molecule has 1 aliphatic rings. The molecular formula is C12H18N4. The summed E-state index contributed by atoms with van der Waals surface area (Å²) in [6, 6.07) is 2.60. The van der Waals surface area contributed by atoms with Gasteiger partial charge in [-0.25, -0.2) is 4.68 Å². The number of nitriles is 1. The van der Waals surface area contributed by atoms with Crippen LogP contribution in [0.2, 0.25) is 0 Å². The van der Waals surface area contributed by atoms with E-state index in [4.69, 9.17) is 11.0 Å². The van der Waals surface area contributed by atoms with E-state index >= 15 is 0 Å². The van der Waals surface area contributed by atoms with E-state index in [-0.39, 0.29) is 0 Å². The summed E-state index contributed by atoms with van der Waals surface area (Å²) in [6.07, 6.45) is 6.61. The number of aryl methyl sites for hydroxylation is 1. The highest BCUT2D eigenvalue weighted by Gasteiger charge is 2.23. The lowest BCUT2D eigenvalue weighted by atomic mass is 10.1. The highest BCUT2D eigenvalue weighted by molar-refractivity contribution is 5.52. The quantitative estimate of drug-likeness (QED) is 0.847. The fourth-order valence-electron chi connectivity index (χ4n) is 2.46. The van der Waals surface area contributed by atoms with E-state index in [2.05, 4.69) is 18.1 Å². The summed E-state index contributed by atoms with van der Waals surface area (Å²) in [5.74, 6) is 0.567. The minimum atomic E-state index is 0.415. The summed E-state index contributed by atoms with van der Waals surface area (Å²) >= 11 is 0. The Bertz CT molecular complexity index is 407. The van der Waals surface area contributed by atoms with Gasteiger partial charge in [-0.05, 0) is 19.3 Å². The van der Waals surface area contributed by atoms with Gasteiger partial charge in [-0.1, -0.05) is 26.2 Å². The summed E-state index contributed by atoms with van der Waals surface area (Å²) < 4.78 is 1.89. The second-order valence-corrected chi connectivity index (χ2v) is 4.45. The number of nitrogen functional groups attached to an aromatic ring is 1. The molecule has 1 aromatic heterocycles. The molecule has 0 aliphatic heterocycles. The predicted octanol–water partition coefficient (Wildman–Crippen LogP) is 2.40. The van der Waals surface area contributed by atoms with Crippen molar-refractivity contribution in [3.05, 3.63) is 11.3 Å². The second kappa shape index (κ2) is 4.56. The van der Waals surface area contributed by atoms with E-state index in [1.165, 1.54) is 12.8 Å². The molecule has 0 radical (unpaired) electrons. The Kier molecular flexibility index (Phi) is 3.14. The normalized spacial score (nSPS) is 16.5. The lowest BCUT2D eigenvalue weighted by Gasteiger charge is -2.11. The van der Waals surface area contributed by atoms with Crippen molar-refractivity contribution in [2.24, 2.45) is 0 Å². The number of nitrogens with zero attached hydrogens (tertiary/aromatic N) is 3. The molecule has 0 bridgehead atoms. The molecule has 0 saturated heterocycles. The molecule has 0 spiro atoms. The van der Waals surface area contributed by atoms with E-state index < -0.39 is 0 Å². The van der Waals surface area contributed by atoms with E-state index in [9.17, 15) is 0 Å². The highest BCUT2D eigenvalue weighted by atomic mass is 15.3. The lowest BCUT2D eigenvalue weighted by molar-refractivity contribution is 0.469. The minimum Gasteiger partial charge on any atom is -0.383 e. The average Bonchev–Trinajstić information content (AvgIpc) is 2.87. The van der Waals surface area contributed by atoms with Gasteiger partial charge >= 0.3 is 0 Å². The van der Waals surface area contributed by atoms with E-state index in [1.807, 2.05) is 4.68 Å². The molecule has 0 atom stereocenters. The van der Waals surface area contributed by atoms with Crippen LogP contribution in [0, 0.1) is 11.3 Å². The zero-order valence-electron chi connectivity index (χ0n) is 9.74. The Hall–Kier alpha value is -1.50. The number of rotatable bonds is 3. The Morgan fingerprint density at radius 2 is 2.19 bits per heavy atom. The van der Waals surface area contributed by atoms with Crippen molar-refractivity contribution in [2.75, 3.05) is 5.73 Å². The van der Waals surface area contributed by atoms with Gasteiger partial charge in [-0.2, -0.15) is 10.4 Å². The van der Waals surface area contributed by atoms with Crippen LogP contribution >= 0.6 is 0 Å². The summed E-state index contributed by atoms with van der Waals surface area (Å²) in [4.78, 5) is 0. The first-order valence-electron chi connectivity index (χ1n) is 6.04. The molecule has 4 nitrogen and oxygen atoms in total. The van der Waals surface area contributed by atoms with Crippen LogP contribution in [0.1, 0.15) is 56.3 Å². The van der Waals surface area contributed by atoms with Crippen LogP contribution in [-0.2, 0) is 6.42 Å². The summed E-state index contributed by atoms with van der Waals surface area (Å²) in [5.41, 5.74) is 7.46. The van der Waals surface area contributed by atoms with Crippen molar-refractivity contribution >= 4 is 5.82 Å². The van der Waals surface area contributed by atoms with Gasteiger partial charge in [0.05, 0.1) is 11.7 Å². The van der Waals surface area contributed by atoms with Crippen molar-refractivity contribution in [3.63, 3.8) is 0 Å².